The highest BCUT2D eigenvalue weighted by molar-refractivity contribution is 9.10. The summed E-state index contributed by atoms with van der Waals surface area (Å²) in [6.45, 7) is 1.88. The number of ketones is 2. The maximum Gasteiger partial charge on any atom is 0.272 e. The number of benzene rings is 5. The molecule has 5 aromatic rings. The van der Waals surface area contributed by atoms with Crippen LogP contribution in [0.1, 0.15) is 61.1 Å². The predicted molar refractivity (Wildman–Crippen MR) is 199 cm³/mol. The van der Waals surface area contributed by atoms with Gasteiger partial charge in [-0.3, -0.25) is 24.0 Å². The number of hydrogen-bond donors (Lipinski definition) is 3. The molecule has 8 nitrogen and oxygen atoms in total. The molecule has 1 unspecified atom stereocenters. The summed E-state index contributed by atoms with van der Waals surface area (Å²) in [5.74, 6) is -1.87. The minimum absolute atomic E-state index is 0.0441. The molecular formula is C40H30BrN3O5S. The molecule has 1 aliphatic carbocycles. The zero-order valence-corrected chi connectivity index (χ0v) is 29.1. The number of hydrogen-bond acceptors (Lipinski definition) is 6. The topological polar surface area (TPSA) is 121 Å². The molecule has 5 aromatic carbocycles. The average molecular weight is 745 g/mol. The molecule has 3 amide bonds. The van der Waals surface area contributed by atoms with E-state index in [0.29, 0.717) is 39.3 Å². The van der Waals surface area contributed by atoms with Crippen LogP contribution >= 0.6 is 27.7 Å². The van der Waals surface area contributed by atoms with Crippen molar-refractivity contribution in [1.82, 2.24) is 5.32 Å². The van der Waals surface area contributed by atoms with Crippen LogP contribution in [0.15, 0.2) is 136 Å². The second-order valence-electron chi connectivity index (χ2n) is 11.4. The molecule has 248 valence electrons. The summed E-state index contributed by atoms with van der Waals surface area (Å²) in [4.78, 5) is 67.5. The van der Waals surface area contributed by atoms with Gasteiger partial charge in [0.05, 0.1) is 16.5 Å². The second kappa shape index (κ2) is 15.3. The monoisotopic (exact) mass is 743 g/mol. The minimum Gasteiger partial charge on any atom is -0.324 e. The van der Waals surface area contributed by atoms with Crippen LogP contribution in [0.25, 0.3) is 6.08 Å². The Morgan fingerprint density at radius 1 is 0.740 bits per heavy atom. The number of halogens is 1. The lowest BCUT2D eigenvalue weighted by molar-refractivity contribution is -0.116. The Morgan fingerprint density at radius 3 is 2.16 bits per heavy atom. The summed E-state index contributed by atoms with van der Waals surface area (Å²) in [7, 11) is 0. The fourth-order valence-corrected chi connectivity index (χ4v) is 6.93. The van der Waals surface area contributed by atoms with Crippen LogP contribution in [-0.4, -0.2) is 34.5 Å². The van der Waals surface area contributed by atoms with Gasteiger partial charge in [-0.1, -0.05) is 95.7 Å². The van der Waals surface area contributed by atoms with E-state index in [9.17, 15) is 24.0 Å². The fourth-order valence-electron chi connectivity index (χ4n) is 5.50. The van der Waals surface area contributed by atoms with E-state index in [-0.39, 0.29) is 40.0 Å². The second-order valence-corrected chi connectivity index (χ2v) is 13.5. The van der Waals surface area contributed by atoms with Crippen LogP contribution in [0, 0.1) is 0 Å². The van der Waals surface area contributed by atoms with Crippen LogP contribution < -0.4 is 16.0 Å². The van der Waals surface area contributed by atoms with Crippen molar-refractivity contribution in [2.24, 2.45) is 0 Å². The average Bonchev–Trinajstić information content (AvgIpc) is 3.13. The Morgan fingerprint density at radius 2 is 1.42 bits per heavy atom. The van der Waals surface area contributed by atoms with Gasteiger partial charge in [-0.15, -0.1) is 11.8 Å². The predicted octanol–water partition coefficient (Wildman–Crippen LogP) is 8.14. The maximum absolute atomic E-state index is 13.6. The molecule has 0 aromatic heterocycles. The molecule has 0 saturated heterocycles. The highest BCUT2D eigenvalue weighted by Gasteiger charge is 2.32. The van der Waals surface area contributed by atoms with Gasteiger partial charge in [0, 0.05) is 37.3 Å². The molecule has 3 N–H and O–H groups in total. The Kier molecular flexibility index (Phi) is 10.5. The van der Waals surface area contributed by atoms with Gasteiger partial charge >= 0.3 is 0 Å². The highest BCUT2D eigenvalue weighted by atomic mass is 79.9. The molecule has 6 rings (SSSR count). The number of carbonyl (C=O) groups is 5. The van der Waals surface area contributed by atoms with Crippen molar-refractivity contribution >= 4 is 74.4 Å². The first kappa shape index (κ1) is 34.3. The maximum atomic E-state index is 13.6. The standard InChI is InChI=1S/C40H30BrN3O5S/c1-2-34(40(49)43-32-20-10-19-31-35(32)37(46)30-18-7-6-17-29(30)36(31)45)50-28-16-9-15-27(23-28)42-39(48)33(22-24-11-8-14-26(41)21-24)44-38(47)25-12-4-3-5-13-25/h3-23,34H,2H2,1H3,(H,42,48)(H,43,49)(H,44,47)/b33-22+. The number of thioether (sulfide) groups is 1. The third kappa shape index (κ3) is 7.67. The molecule has 0 spiro atoms. The summed E-state index contributed by atoms with van der Waals surface area (Å²) in [6, 6.07) is 34.5. The van der Waals surface area contributed by atoms with Crippen molar-refractivity contribution in [3.8, 4) is 0 Å². The molecule has 50 heavy (non-hydrogen) atoms. The highest BCUT2D eigenvalue weighted by Crippen LogP contribution is 2.34. The van der Waals surface area contributed by atoms with E-state index in [2.05, 4.69) is 31.9 Å². The normalized spacial score (nSPS) is 12.7. The first-order valence-corrected chi connectivity index (χ1v) is 17.4. The van der Waals surface area contributed by atoms with Crippen molar-refractivity contribution < 1.29 is 24.0 Å². The van der Waals surface area contributed by atoms with E-state index in [1.165, 1.54) is 11.8 Å². The molecule has 0 saturated carbocycles. The van der Waals surface area contributed by atoms with E-state index >= 15 is 0 Å². The molecule has 10 heteroatoms. The fraction of sp³-hybridized carbons (Fsp3) is 0.0750. The van der Waals surface area contributed by atoms with E-state index < -0.39 is 17.1 Å². The summed E-state index contributed by atoms with van der Waals surface area (Å²) in [5, 5.41) is 7.94. The van der Waals surface area contributed by atoms with E-state index in [0.717, 1.165) is 4.47 Å². The zero-order chi connectivity index (χ0) is 35.2. The number of amides is 3. The smallest absolute Gasteiger partial charge is 0.272 e. The van der Waals surface area contributed by atoms with Gasteiger partial charge in [-0.2, -0.15) is 0 Å². The van der Waals surface area contributed by atoms with Gasteiger partial charge in [-0.05, 0) is 66.6 Å². The Labute approximate surface area is 301 Å². The van der Waals surface area contributed by atoms with Crippen LogP contribution in [0.5, 0.6) is 0 Å². The van der Waals surface area contributed by atoms with Crippen molar-refractivity contribution in [2.45, 2.75) is 23.5 Å². The number of fused-ring (bicyclic) bond motifs is 2. The molecule has 0 bridgehead atoms. The molecule has 0 aliphatic heterocycles. The van der Waals surface area contributed by atoms with Crippen molar-refractivity contribution in [1.29, 1.82) is 0 Å². The zero-order valence-electron chi connectivity index (χ0n) is 26.7. The third-order valence-electron chi connectivity index (χ3n) is 7.93. The Hall–Kier alpha value is -5.58. The van der Waals surface area contributed by atoms with Gasteiger partial charge in [-0.25, -0.2) is 0 Å². The minimum atomic E-state index is -0.560. The first-order valence-electron chi connectivity index (χ1n) is 15.8. The van der Waals surface area contributed by atoms with Crippen molar-refractivity contribution in [3.63, 3.8) is 0 Å². The quantitative estimate of drug-likeness (QED) is 0.0963. The molecule has 1 aliphatic rings. The number of rotatable bonds is 10. The third-order valence-corrected chi connectivity index (χ3v) is 9.78. The van der Waals surface area contributed by atoms with Gasteiger partial charge in [0.15, 0.2) is 11.6 Å². The Bertz CT molecular complexity index is 2180. The summed E-state index contributed by atoms with van der Waals surface area (Å²) < 4.78 is 0.817. The number of anilines is 2. The Balaban J connectivity index is 1.18. The lowest BCUT2D eigenvalue weighted by atomic mass is 9.83. The van der Waals surface area contributed by atoms with Crippen LogP contribution in [0.4, 0.5) is 11.4 Å². The largest absolute Gasteiger partial charge is 0.324 e. The molecule has 0 radical (unpaired) electrons. The lowest BCUT2D eigenvalue weighted by Gasteiger charge is -2.21. The van der Waals surface area contributed by atoms with Gasteiger partial charge in [0.1, 0.15) is 5.70 Å². The van der Waals surface area contributed by atoms with Gasteiger partial charge in [0.2, 0.25) is 5.91 Å². The number of nitrogens with one attached hydrogen (secondary N) is 3. The van der Waals surface area contributed by atoms with E-state index in [1.807, 2.05) is 37.3 Å². The summed E-state index contributed by atoms with van der Waals surface area (Å²) in [5.41, 5.74) is 2.98. The van der Waals surface area contributed by atoms with Gasteiger partial charge < -0.3 is 16.0 Å². The van der Waals surface area contributed by atoms with Gasteiger partial charge in [0.25, 0.3) is 11.8 Å². The van der Waals surface area contributed by atoms with Crippen LogP contribution in [0.2, 0.25) is 0 Å². The van der Waals surface area contributed by atoms with Crippen molar-refractivity contribution in [2.75, 3.05) is 10.6 Å². The van der Waals surface area contributed by atoms with E-state index in [4.69, 9.17) is 0 Å². The summed E-state index contributed by atoms with van der Waals surface area (Å²) in [6.07, 6.45) is 2.05. The van der Waals surface area contributed by atoms with E-state index in [1.54, 1.807) is 97.1 Å². The lowest BCUT2D eigenvalue weighted by Crippen LogP contribution is -2.30. The van der Waals surface area contributed by atoms with Crippen LogP contribution in [-0.2, 0) is 9.59 Å². The molecular weight excluding hydrogens is 714 g/mol. The summed E-state index contributed by atoms with van der Waals surface area (Å²) >= 11 is 4.74. The molecule has 0 fully saturated rings. The number of carbonyl (C=O) groups excluding carboxylic acids is 5. The molecule has 1 atom stereocenters. The SMILES string of the molecule is CCC(Sc1cccc(NC(=O)/C(=C\c2cccc(Br)c2)NC(=O)c2ccccc2)c1)C(=O)Nc1cccc2c1C(=O)c1ccccc1C2=O. The van der Waals surface area contributed by atoms with Crippen LogP contribution in [0.3, 0.4) is 0 Å². The van der Waals surface area contributed by atoms with Crippen molar-refractivity contribution in [3.05, 3.63) is 165 Å². The molecule has 0 heterocycles. The first-order chi connectivity index (χ1) is 24.2.